The first-order chi connectivity index (χ1) is 7.97. The Bertz CT molecular complexity index is 517. The van der Waals surface area contributed by atoms with Crippen molar-refractivity contribution in [3.8, 4) is 0 Å². The van der Waals surface area contributed by atoms with Gasteiger partial charge in [-0.3, -0.25) is 4.68 Å². The largest absolute Gasteiger partial charge is 0.321 e. The zero-order valence-electron chi connectivity index (χ0n) is 10.0. The van der Waals surface area contributed by atoms with Gasteiger partial charge in [0.15, 0.2) is 0 Å². The molecule has 1 aromatic carbocycles. The lowest BCUT2D eigenvalue weighted by molar-refractivity contribution is 0.481. The van der Waals surface area contributed by atoms with Crippen LogP contribution in [-0.2, 0) is 19.0 Å². The van der Waals surface area contributed by atoms with E-state index in [1.54, 1.807) is 4.68 Å². The number of halogens is 1. The number of hydrogen-bond donors (Lipinski definition) is 1. The molecule has 2 N–H and O–H groups in total. The Hall–Kier alpha value is -1.13. The van der Waals surface area contributed by atoms with E-state index in [1.807, 2.05) is 44.4 Å². The summed E-state index contributed by atoms with van der Waals surface area (Å²) in [4.78, 5) is 0. The van der Waals surface area contributed by atoms with Crippen molar-refractivity contribution in [2.75, 3.05) is 0 Å². The maximum Gasteiger partial charge on any atom is 0.0646 e. The highest BCUT2D eigenvalue weighted by atomic mass is 79.9. The smallest absolute Gasteiger partial charge is 0.0646 e. The van der Waals surface area contributed by atoms with Crippen molar-refractivity contribution in [3.63, 3.8) is 0 Å². The van der Waals surface area contributed by atoms with E-state index in [9.17, 15) is 0 Å². The number of rotatable bonds is 3. The van der Waals surface area contributed by atoms with Crippen molar-refractivity contribution < 1.29 is 0 Å². The van der Waals surface area contributed by atoms with Crippen LogP contribution in [0.2, 0.25) is 0 Å². The average Bonchev–Trinajstić information content (AvgIpc) is 2.63. The third kappa shape index (κ3) is 2.96. The number of benzene rings is 1. The number of aryl methyl sites for hydroxylation is 1. The van der Waals surface area contributed by atoms with Gasteiger partial charge < -0.3 is 5.73 Å². The molecule has 17 heavy (non-hydrogen) atoms. The second-order valence-corrected chi connectivity index (χ2v) is 5.50. The minimum atomic E-state index is -0.405. The molecule has 2 aromatic rings. The number of hydrogen-bond acceptors (Lipinski definition) is 2. The summed E-state index contributed by atoms with van der Waals surface area (Å²) in [6.07, 6.45) is 2.66. The number of aromatic nitrogens is 2. The first kappa shape index (κ1) is 12.3. The summed E-state index contributed by atoms with van der Waals surface area (Å²) in [6, 6.07) is 10.1. The fraction of sp³-hybridized carbons (Fsp3) is 0.308. The fourth-order valence-electron chi connectivity index (χ4n) is 1.88. The maximum atomic E-state index is 6.38. The molecule has 3 nitrogen and oxygen atoms in total. The van der Waals surface area contributed by atoms with Gasteiger partial charge in [-0.2, -0.15) is 5.10 Å². The monoisotopic (exact) mass is 293 g/mol. The molecule has 0 bridgehead atoms. The van der Waals surface area contributed by atoms with Crippen LogP contribution >= 0.6 is 15.9 Å². The normalized spacial score (nSPS) is 14.6. The van der Waals surface area contributed by atoms with E-state index in [0.29, 0.717) is 0 Å². The Balaban J connectivity index is 2.24. The molecular formula is C13H16BrN3. The number of nitrogens with two attached hydrogens (primary N) is 1. The maximum absolute atomic E-state index is 6.38. The summed E-state index contributed by atoms with van der Waals surface area (Å²) in [5.41, 5.74) is 8.09. The molecule has 1 heterocycles. The Labute approximate surface area is 110 Å². The summed E-state index contributed by atoms with van der Waals surface area (Å²) < 4.78 is 2.85. The van der Waals surface area contributed by atoms with Gasteiger partial charge in [0, 0.05) is 29.7 Å². The second-order valence-electron chi connectivity index (χ2n) is 4.59. The molecule has 0 saturated carbocycles. The van der Waals surface area contributed by atoms with Crippen LogP contribution in [0.3, 0.4) is 0 Å². The zero-order valence-corrected chi connectivity index (χ0v) is 11.6. The zero-order chi connectivity index (χ0) is 12.5. The first-order valence-corrected chi connectivity index (χ1v) is 6.30. The van der Waals surface area contributed by atoms with Crippen LogP contribution in [-0.4, -0.2) is 9.78 Å². The lowest BCUT2D eigenvalue weighted by atomic mass is 9.88. The molecule has 2 rings (SSSR count). The highest BCUT2D eigenvalue weighted by molar-refractivity contribution is 9.10. The van der Waals surface area contributed by atoms with E-state index in [2.05, 4.69) is 27.1 Å². The van der Waals surface area contributed by atoms with E-state index in [4.69, 9.17) is 5.73 Å². The third-order valence-corrected chi connectivity index (χ3v) is 3.29. The molecule has 0 fully saturated rings. The SMILES string of the molecule is Cn1ccc(CC(C)(N)c2cccc(Br)c2)n1. The van der Waals surface area contributed by atoms with E-state index in [-0.39, 0.29) is 0 Å². The van der Waals surface area contributed by atoms with Gasteiger partial charge in [0.05, 0.1) is 5.69 Å². The van der Waals surface area contributed by atoms with Crippen LogP contribution in [0.25, 0.3) is 0 Å². The molecule has 0 amide bonds. The number of nitrogens with zero attached hydrogens (tertiary/aromatic N) is 2. The molecule has 0 aliphatic heterocycles. The average molecular weight is 294 g/mol. The summed E-state index contributed by atoms with van der Waals surface area (Å²) in [7, 11) is 1.91. The van der Waals surface area contributed by atoms with Gasteiger partial charge in [-0.25, -0.2) is 0 Å². The lowest BCUT2D eigenvalue weighted by Crippen LogP contribution is -2.35. The van der Waals surface area contributed by atoms with E-state index < -0.39 is 5.54 Å². The van der Waals surface area contributed by atoms with E-state index in [0.717, 1.165) is 22.2 Å². The summed E-state index contributed by atoms with van der Waals surface area (Å²) in [5, 5.41) is 4.37. The lowest BCUT2D eigenvalue weighted by Gasteiger charge is -2.24. The van der Waals surface area contributed by atoms with Crippen LogP contribution in [0.1, 0.15) is 18.2 Å². The van der Waals surface area contributed by atoms with Gasteiger partial charge in [0.2, 0.25) is 0 Å². The molecule has 1 aromatic heterocycles. The van der Waals surface area contributed by atoms with E-state index >= 15 is 0 Å². The first-order valence-electron chi connectivity index (χ1n) is 5.51. The quantitative estimate of drug-likeness (QED) is 0.945. The minimum absolute atomic E-state index is 0.405. The van der Waals surface area contributed by atoms with Gasteiger partial charge >= 0.3 is 0 Å². The van der Waals surface area contributed by atoms with Gasteiger partial charge in [-0.1, -0.05) is 28.1 Å². The Morgan fingerprint density at radius 1 is 1.41 bits per heavy atom. The molecule has 1 atom stereocenters. The van der Waals surface area contributed by atoms with Crippen LogP contribution < -0.4 is 5.73 Å². The van der Waals surface area contributed by atoms with Crippen molar-refractivity contribution in [2.45, 2.75) is 18.9 Å². The van der Waals surface area contributed by atoms with Crippen molar-refractivity contribution >= 4 is 15.9 Å². The fourth-order valence-corrected chi connectivity index (χ4v) is 2.28. The van der Waals surface area contributed by atoms with Crippen LogP contribution in [0, 0.1) is 0 Å². The topological polar surface area (TPSA) is 43.8 Å². The standard InChI is InChI=1S/C13H16BrN3/c1-13(15,9-12-6-7-17(2)16-12)10-4-3-5-11(14)8-10/h3-8H,9,15H2,1-2H3. The third-order valence-electron chi connectivity index (χ3n) is 2.80. The Morgan fingerprint density at radius 2 is 2.18 bits per heavy atom. The molecule has 0 spiro atoms. The molecule has 90 valence electrons. The predicted molar refractivity (Wildman–Crippen MR) is 72.6 cm³/mol. The molecule has 0 aliphatic carbocycles. The molecule has 1 unspecified atom stereocenters. The van der Waals surface area contributed by atoms with Crippen molar-refractivity contribution in [2.24, 2.45) is 12.8 Å². The van der Waals surface area contributed by atoms with Crippen molar-refractivity contribution in [3.05, 3.63) is 52.3 Å². The Morgan fingerprint density at radius 3 is 2.76 bits per heavy atom. The predicted octanol–water partition coefficient (Wildman–Crippen LogP) is 2.60. The summed E-state index contributed by atoms with van der Waals surface area (Å²) in [5.74, 6) is 0. The van der Waals surface area contributed by atoms with Gasteiger partial charge in [-0.15, -0.1) is 0 Å². The second kappa shape index (κ2) is 4.63. The molecule has 4 heteroatoms. The highest BCUT2D eigenvalue weighted by Crippen LogP contribution is 2.24. The molecule has 0 radical (unpaired) electrons. The van der Waals surface area contributed by atoms with Crippen LogP contribution in [0.15, 0.2) is 41.0 Å². The van der Waals surface area contributed by atoms with Gasteiger partial charge in [0.25, 0.3) is 0 Å². The molecule has 0 saturated heterocycles. The van der Waals surface area contributed by atoms with Crippen molar-refractivity contribution in [1.82, 2.24) is 9.78 Å². The van der Waals surface area contributed by atoms with Crippen molar-refractivity contribution in [1.29, 1.82) is 0 Å². The minimum Gasteiger partial charge on any atom is -0.321 e. The van der Waals surface area contributed by atoms with Crippen LogP contribution in [0.5, 0.6) is 0 Å². The van der Waals surface area contributed by atoms with Gasteiger partial charge in [0.1, 0.15) is 0 Å². The van der Waals surface area contributed by atoms with Crippen LogP contribution in [0.4, 0.5) is 0 Å². The van der Waals surface area contributed by atoms with E-state index in [1.165, 1.54) is 0 Å². The molecule has 0 aliphatic rings. The summed E-state index contributed by atoms with van der Waals surface area (Å²) >= 11 is 3.47. The Kier molecular flexibility index (Phi) is 3.35. The summed E-state index contributed by atoms with van der Waals surface area (Å²) in [6.45, 7) is 2.03. The van der Waals surface area contributed by atoms with Gasteiger partial charge in [-0.05, 0) is 30.7 Å². The molecular weight excluding hydrogens is 278 g/mol. The highest BCUT2D eigenvalue weighted by Gasteiger charge is 2.22.